The molecule has 1 saturated heterocycles. The van der Waals surface area contributed by atoms with E-state index in [-0.39, 0.29) is 17.9 Å². The van der Waals surface area contributed by atoms with Crippen molar-refractivity contribution in [1.29, 1.82) is 0 Å². The predicted molar refractivity (Wildman–Crippen MR) is 70.6 cm³/mol. The minimum absolute atomic E-state index is 0.128. The van der Waals surface area contributed by atoms with E-state index in [0.717, 1.165) is 18.5 Å². The third-order valence-electron chi connectivity index (χ3n) is 3.41. The van der Waals surface area contributed by atoms with Gasteiger partial charge in [-0.2, -0.15) is 0 Å². The fourth-order valence-corrected chi connectivity index (χ4v) is 2.43. The number of rotatable bonds is 3. The Morgan fingerprint density at radius 1 is 1.50 bits per heavy atom. The van der Waals surface area contributed by atoms with E-state index in [0.29, 0.717) is 12.0 Å². The van der Waals surface area contributed by atoms with Gasteiger partial charge in [0.15, 0.2) is 0 Å². The van der Waals surface area contributed by atoms with Crippen LogP contribution in [-0.4, -0.2) is 24.9 Å². The molecule has 4 heteroatoms. The van der Waals surface area contributed by atoms with E-state index in [4.69, 9.17) is 0 Å². The molecule has 2 amide bonds. The average Bonchev–Trinajstić information content (AvgIpc) is 2.79. The monoisotopic (exact) mass is 246 g/mol. The number of carbonyl (C=O) groups is 2. The van der Waals surface area contributed by atoms with Gasteiger partial charge in [-0.15, -0.1) is 0 Å². The number of anilines is 1. The summed E-state index contributed by atoms with van der Waals surface area (Å²) >= 11 is 0. The van der Waals surface area contributed by atoms with Crippen molar-refractivity contribution in [2.45, 2.75) is 32.2 Å². The largest absolute Gasteiger partial charge is 0.355 e. The van der Waals surface area contributed by atoms with Crippen molar-refractivity contribution < 1.29 is 9.59 Å². The van der Waals surface area contributed by atoms with Gasteiger partial charge in [0.2, 0.25) is 5.91 Å². The van der Waals surface area contributed by atoms with Gasteiger partial charge < -0.3 is 10.2 Å². The zero-order valence-electron chi connectivity index (χ0n) is 10.8. The molecule has 0 bridgehead atoms. The maximum absolute atomic E-state index is 11.9. The Labute approximate surface area is 107 Å². The summed E-state index contributed by atoms with van der Waals surface area (Å²) in [6, 6.07) is 7.50. The highest BCUT2D eigenvalue weighted by atomic mass is 16.2. The van der Waals surface area contributed by atoms with Crippen molar-refractivity contribution >= 4 is 17.5 Å². The second-order valence-electron chi connectivity index (χ2n) is 4.49. The number of hydrogen-bond acceptors (Lipinski definition) is 2. The lowest BCUT2D eigenvalue weighted by Crippen LogP contribution is -2.32. The van der Waals surface area contributed by atoms with Crippen LogP contribution in [0.5, 0.6) is 0 Å². The Balaban J connectivity index is 2.32. The number of nitrogens with zero attached hydrogens (tertiary/aromatic N) is 1. The normalized spacial score (nSPS) is 19.1. The Morgan fingerprint density at radius 2 is 2.28 bits per heavy atom. The van der Waals surface area contributed by atoms with Crippen LogP contribution in [0.25, 0.3) is 0 Å². The van der Waals surface area contributed by atoms with Crippen LogP contribution in [0, 0.1) is 0 Å². The minimum Gasteiger partial charge on any atom is -0.355 e. The third-order valence-corrected chi connectivity index (χ3v) is 3.41. The first kappa shape index (κ1) is 12.6. The standard InChI is InChI=1S/C14H18N2O2/c1-3-11-7-8-13(17)16(11)12-6-4-5-10(9-12)14(18)15-2/h4-6,9,11H,3,7-8H2,1-2H3,(H,15,18). The molecule has 1 atom stereocenters. The van der Waals surface area contributed by atoms with Gasteiger partial charge in [-0.25, -0.2) is 0 Å². The van der Waals surface area contributed by atoms with E-state index in [1.165, 1.54) is 0 Å². The molecule has 0 radical (unpaired) electrons. The van der Waals surface area contributed by atoms with Gasteiger partial charge in [-0.3, -0.25) is 9.59 Å². The van der Waals surface area contributed by atoms with Gasteiger partial charge >= 0.3 is 0 Å². The Bertz CT molecular complexity index is 471. The molecule has 0 aromatic heterocycles. The van der Waals surface area contributed by atoms with Gasteiger partial charge in [-0.05, 0) is 31.0 Å². The van der Waals surface area contributed by atoms with Crippen molar-refractivity contribution in [2.75, 3.05) is 11.9 Å². The summed E-state index contributed by atoms with van der Waals surface area (Å²) in [5, 5.41) is 2.59. The molecule has 1 aliphatic rings. The number of nitrogens with one attached hydrogen (secondary N) is 1. The lowest BCUT2D eigenvalue weighted by molar-refractivity contribution is -0.117. The molecule has 1 unspecified atom stereocenters. The van der Waals surface area contributed by atoms with Gasteiger partial charge in [0.05, 0.1) is 0 Å². The second-order valence-corrected chi connectivity index (χ2v) is 4.49. The van der Waals surface area contributed by atoms with Crippen LogP contribution < -0.4 is 10.2 Å². The van der Waals surface area contributed by atoms with E-state index in [2.05, 4.69) is 12.2 Å². The van der Waals surface area contributed by atoms with Gasteiger partial charge in [0.25, 0.3) is 5.91 Å². The van der Waals surface area contributed by atoms with E-state index in [1.807, 2.05) is 17.0 Å². The van der Waals surface area contributed by atoms with Gasteiger partial charge in [-0.1, -0.05) is 13.0 Å². The SMILES string of the molecule is CCC1CCC(=O)N1c1cccc(C(=O)NC)c1. The molecule has 1 heterocycles. The summed E-state index contributed by atoms with van der Waals surface area (Å²) in [6.07, 6.45) is 2.44. The van der Waals surface area contributed by atoms with E-state index in [1.54, 1.807) is 19.2 Å². The molecule has 0 spiro atoms. The van der Waals surface area contributed by atoms with Crippen molar-refractivity contribution in [3.63, 3.8) is 0 Å². The van der Waals surface area contributed by atoms with Gasteiger partial charge in [0, 0.05) is 30.8 Å². The first-order valence-corrected chi connectivity index (χ1v) is 6.31. The first-order chi connectivity index (χ1) is 8.67. The molecule has 2 rings (SSSR count). The molecule has 4 nitrogen and oxygen atoms in total. The highest BCUT2D eigenvalue weighted by Gasteiger charge is 2.30. The van der Waals surface area contributed by atoms with Crippen LogP contribution in [0.2, 0.25) is 0 Å². The van der Waals surface area contributed by atoms with Crippen molar-refractivity contribution in [3.05, 3.63) is 29.8 Å². The Morgan fingerprint density at radius 3 is 2.94 bits per heavy atom. The van der Waals surface area contributed by atoms with E-state index in [9.17, 15) is 9.59 Å². The molecule has 1 fully saturated rings. The van der Waals surface area contributed by atoms with Crippen LogP contribution in [-0.2, 0) is 4.79 Å². The average molecular weight is 246 g/mol. The molecule has 1 aliphatic heterocycles. The fraction of sp³-hybridized carbons (Fsp3) is 0.429. The lowest BCUT2D eigenvalue weighted by atomic mass is 10.1. The van der Waals surface area contributed by atoms with Crippen LogP contribution in [0.3, 0.4) is 0 Å². The molecule has 1 N–H and O–H groups in total. The summed E-state index contributed by atoms with van der Waals surface area (Å²) in [5.74, 6) is 0.0208. The Kier molecular flexibility index (Phi) is 3.65. The molecular weight excluding hydrogens is 228 g/mol. The van der Waals surface area contributed by atoms with Crippen LogP contribution in [0.15, 0.2) is 24.3 Å². The number of carbonyl (C=O) groups excluding carboxylic acids is 2. The number of amides is 2. The maximum atomic E-state index is 11.9. The van der Waals surface area contributed by atoms with E-state index < -0.39 is 0 Å². The van der Waals surface area contributed by atoms with E-state index >= 15 is 0 Å². The second kappa shape index (κ2) is 5.21. The summed E-state index contributed by atoms with van der Waals surface area (Å²) in [4.78, 5) is 25.3. The lowest BCUT2D eigenvalue weighted by Gasteiger charge is -2.24. The Hall–Kier alpha value is -1.84. The summed E-state index contributed by atoms with van der Waals surface area (Å²) in [7, 11) is 1.60. The van der Waals surface area contributed by atoms with Crippen molar-refractivity contribution in [3.8, 4) is 0 Å². The zero-order valence-corrected chi connectivity index (χ0v) is 10.8. The van der Waals surface area contributed by atoms with Crippen LogP contribution in [0.1, 0.15) is 36.5 Å². The third kappa shape index (κ3) is 2.23. The molecule has 1 aromatic carbocycles. The molecule has 18 heavy (non-hydrogen) atoms. The minimum atomic E-state index is -0.128. The number of hydrogen-bond donors (Lipinski definition) is 1. The molecule has 1 aromatic rings. The van der Waals surface area contributed by atoms with Crippen LogP contribution >= 0.6 is 0 Å². The molecular formula is C14H18N2O2. The van der Waals surface area contributed by atoms with Crippen molar-refractivity contribution in [2.24, 2.45) is 0 Å². The molecule has 96 valence electrons. The first-order valence-electron chi connectivity index (χ1n) is 6.31. The zero-order chi connectivity index (χ0) is 13.1. The quantitative estimate of drug-likeness (QED) is 0.886. The summed E-state index contributed by atoms with van der Waals surface area (Å²) in [5.41, 5.74) is 1.41. The molecule has 0 aliphatic carbocycles. The van der Waals surface area contributed by atoms with Gasteiger partial charge in [0.1, 0.15) is 0 Å². The number of benzene rings is 1. The summed E-state index contributed by atoms with van der Waals surface area (Å²) in [6.45, 7) is 2.08. The smallest absolute Gasteiger partial charge is 0.251 e. The van der Waals surface area contributed by atoms with Crippen LogP contribution in [0.4, 0.5) is 5.69 Å². The molecule has 0 saturated carbocycles. The topological polar surface area (TPSA) is 49.4 Å². The highest BCUT2D eigenvalue weighted by molar-refractivity contribution is 5.99. The summed E-state index contributed by atoms with van der Waals surface area (Å²) < 4.78 is 0. The van der Waals surface area contributed by atoms with Crippen molar-refractivity contribution in [1.82, 2.24) is 5.32 Å². The fourth-order valence-electron chi connectivity index (χ4n) is 2.43. The highest BCUT2D eigenvalue weighted by Crippen LogP contribution is 2.28. The maximum Gasteiger partial charge on any atom is 0.251 e. The predicted octanol–water partition coefficient (Wildman–Crippen LogP) is 1.95.